The fourth-order valence-corrected chi connectivity index (χ4v) is 4.78. The molecule has 0 radical (unpaired) electrons. The summed E-state index contributed by atoms with van der Waals surface area (Å²) in [6, 6.07) is 25.7. The summed E-state index contributed by atoms with van der Waals surface area (Å²) in [6.07, 6.45) is 1.98. The fourth-order valence-electron chi connectivity index (χ4n) is 4.78. The van der Waals surface area contributed by atoms with E-state index in [2.05, 4.69) is 39.8 Å². The van der Waals surface area contributed by atoms with E-state index in [0.717, 1.165) is 60.3 Å². The molecular weight excluding hydrogens is 448 g/mol. The Hall–Kier alpha value is -4.03. The van der Waals surface area contributed by atoms with E-state index in [1.807, 2.05) is 54.6 Å². The van der Waals surface area contributed by atoms with Crippen LogP contribution in [-0.2, 0) is 17.8 Å². The smallest absolute Gasteiger partial charge is 0.252 e. The summed E-state index contributed by atoms with van der Waals surface area (Å²) < 4.78 is 0. The van der Waals surface area contributed by atoms with Crippen LogP contribution in [0.1, 0.15) is 34.8 Å². The highest BCUT2D eigenvalue weighted by Crippen LogP contribution is 2.26. The maximum absolute atomic E-state index is 13.2. The molecule has 0 atom stereocenters. The van der Waals surface area contributed by atoms with Crippen LogP contribution in [0.25, 0.3) is 22.2 Å². The van der Waals surface area contributed by atoms with Gasteiger partial charge in [0.1, 0.15) is 0 Å². The number of nitrogens with one attached hydrogen (secondary N) is 2. The molecule has 0 bridgehead atoms. The van der Waals surface area contributed by atoms with E-state index in [4.69, 9.17) is 4.98 Å². The van der Waals surface area contributed by atoms with Gasteiger partial charge in [-0.1, -0.05) is 54.6 Å². The number of carbonyl (C=O) groups is 2. The molecule has 0 saturated heterocycles. The summed E-state index contributed by atoms with van der Waals surface area (Å²) in [4.78, 5) is 31.8. The zero-order chi connectivity index (χ0) is 24.9. The van der Waals surface area contributed by atoms with Crippen molar-refractivity contribution >= 4 is 28.4 Å². The first-order valence-corrected chi connectivity index (χ1v) is 12.4. The lowest BCUT2D eigenvalue weighted by molar-refractivity contribution is -0.114. The number of rotatable bonds is 7. The molecule has 6 heteroatoms. The zero-order valence-electron chi connectivity index (χ0n) is 20.5. The van der Waals surface area contributed by atoms with E-state index in [1.165, 1.54) is 18.1 Å². The van der Waals surface area contributed by atoms with Crippen LogP contribution in [0.5, 0.6) is 0 Å². The molecular formula is C30H30N4O2. The molecule has 2 N–H and O–H groups in total. The van der Waals surface area contributed by atoms with E-state index in [1.54, 1.807) is 0 Å². The first-order valence-electron chi connectivity index (χ1n) is 12.4. The SMILES string of the molecule is CC(=O)Nc1ccc(-c2cc(C(=O)NCCCN3CCc4ccccc4C3)c3ccccc3n2)cc1. The van der Waals surface area contributed by atoms with Crippen LogP contribution in [0, 0.1) is 0 Å². The number of carbonyl (C=O) groups excluding carboxylic acids is 2. The van der Waals surface area contributed by atoms with Crippen molar-refractivity contribution in [3.63, 3.8) is 0 Å². The molecule has 0 unspecified atom stereocenters. The Bertz CT molecular complexity index is 1400. The molecule has 36 heavy (non-hydrogen) atoms. The molecule has 1 aliphatic heterocycles. The lowest BCUT2D eigenvalue weighted by Crippen LogP contribution is -2.33. The zero-order valence-corrected chi connectivity index (χ0v) is 20.5. The van der Waals surface area contributed by atoms with E-state index in [9.17, 15) is 9.59 Å². The number of amides is 2. The van der Waals surface area contributed by atoms with Gasteiger partial charge in [-0.05, 0) is 48.2 Å². The van der Waals surface area contributed by atoms with E-state index in [-0.39, 0.29) is 11.8 Å². The first kappa shape index (κ1) is 23.7. The Kier molecular flexibility index (Phi) is 7.05. The highest BCUT2D eigenvalue weighted by molar-refractivity contribution is 6.07. The van der Waals surface area contributed by atoms with Crippen molar-refractivity contribution in [3.05, 3.63) is 95.6 Å². The van der Waals surface area contributed by atoms with Gasteiger partial charge >= 0.3 is 0 Å². The van der Waals surface area contributed by atoms with Crippen molar-refractivity contribution in [2.75, 3.05) is 25.0 Å². The molecule has 2 heterocycles. The molecule has 5 rings (SSSR count). The van der Waals surface area contributed by atoms with Gasteiger partial charge in [0.2, 0.25) is 5.91 Å². The number of nitrogens with zero attached hydrogens (tertiary/aromatic N) is 2. The number of fused-ring (bicyclic) bond motifs is 2. The summed E-state index contributed by atoms with van der Waals surface area (Å²) >= 11 is 0. The summed E-state index contributed by atoms with van der Waals surface area (Å²) in [7, 11) is 0. The van der Waals surface area contributed by atoms with Gasteiger partial charge < -0.3 is 10.6 Å². The summed E-state index contributed by atoms with van der Waals surface area (Å²) in [5.74, 6) is -0.204. The van der Waals surface area contributed by atoms with Crippen molar-refractivity contribution in [3.8, 4) is 11.3 Å². The predicted octanol–water partition coefficient (Wildman–Crippen LogP) is 5.04. The number of hydrogen-bond donors (Lipinski definition) is 2. The van der Waals surface area contributed by atoms with Gasteiger partial charge in [0.15, 0.2) is 0 Å². The van der Waals surface area contributed by atoms with Gasteiger partial charge in [0.05, 0.1) is 16.8 Å². The summed E-state index contributed by atoms with van der Waals surface area (Å²) in [5, 5.41) is 6.73. The second-order valence-electron chi connectivity index (χ2n) is 9.24. The molecule has 1 aliphatic rings. The number of anilines is 1. The molecule has 1 aromatic heterocycles. The number of hydrogen-bond acceptors (Lipinski definition) is 4. The highest BCUT2D eigenvalue weighted by Gasteiger charge is 2.16. The van der Waals surface area contributed by atoms with Crippen LogP contribution in [0.15, 0.2) is 78.9 Å². The second-order valence-corrected chi connectivity index (χ2v) is 9.24. The predicted molar refractivity (Wildman–Crippen MR) is 144 cm³/mol. The van der Waals surface area contributed by atoms with Crippen LogP contribution in [0.2, 0.25) is 0 Å². The van der Waals surface area contributed by atoms with E-state index < -0.39 is 0 Å². The van der Waals surface area contributed by atoms with Crippen molar-refractivity contribution in [2.24, 2.45) is 0 Å². The third-order valence-electron chi connectivity index (χ3n) is 6.61. The monoisotopic (exact) mass is 478 g/mol. The van der Waals surface area contributed by atoms with Crippen LogP contribution in [-0.4, -0.2) is 41.3 Å². The highest BCUT2D eigenvalue weighted by atomic mass is 16.2. The maximum atomic E-state index is 13.2. The van der Waals surface area contributed by atoms with Crippen LogP contribution >= 0.6 is 0 Å². The third kappa shape index (κ3) is 5.44. The van der Waals surface area contributed by atoms with E-state index >= 15 is 0 Å². The normalized spacial score (nSPS) is 13.2. The van der Waals surface area contributed by atoms with Crippen LogP contribution in [0.3, 0.4) is 0 Å². The molecule has 182 valence electrons. The fraction of sp³-hybridized carbons (Fsp3) is 0.233. The molecule has 3 aromatic carbocycles. The number of pyridine rings is 1. The minimum absolute atomic E-state index is 0.0892. The molecule has 0 spiro atoms. The topological polar surface area (TPSA) is 74.3 Å². The Labute approximate surface area is 211 Å². The molecule has 4 aromatic rings. The van der Waals surface area contributed by atoms with Gasteiger partial charge in [0.25, 0.3) is 5.91 Å². The van der Waals surface area contributed by atoms with Gasteiger partial charge in [-0.3, -0.25) is 14.5 Å². The average molecular weight is 479 g/mol. The Morgan fingerprint density at radius 1 is 0.944 bits per heavy atom. The number of para-hydroxylation sites is 1. The molecule has 0 fully saturated rings. The molecule has 2 amide bonds. The summed E-state index contributed by atoms with van der Waals surface area (Å²) in [5.41, 5.74) is 6.59. The van der Waals surface area contributed by atoms with Crippen LogP contribution < -0.4 is 10.6 Å². The Balaban J connectivity index is 1.26. The third-order valence-corrected chi connectivity index (χ3v) is 6.61. The van der Waals surface area contributed by atoms with Crippen molar-refractivity contribution < 1.29 is 9.59 Å². The quantitative estimate of drug-likeness (QED) is 0.365. The Morgan fingerprint density at radius 2 is 1.69 bits per heavy atom. The van der Waals surface area contributed by atoms with Crippen LogP contribution in [0.4, 0.5) is 5.69 Å². The average Bonchev–Trinajstić information content (AvgIpc) is 2.90. The van der Waals surface area contributed by atoms with Gasteiger partial charge in [-0.25, -0.2) is 4.98 Å². The van der Waals surface area contributed by atoms with Crippen molar-refractivity contribution in [1.29, 1.82) is 0 Å². The maximum Gasteiger partial charge on any atom is 0.252 e. The van der Waals surface area contributed by atoms with Crippen molar-refractivity contribution in [1.82, 2.24) is 15.2 Å². The first-order chi connectivity index (χ1) is 17.6. The van der Waals surface area contributed by atoms with Gasteiger partial charge in [0, 0.05) is 49.7 Å². The minimum Gasteiger partial charge on any atom is -0.352 e. The Morgan fingerprint density at radius 3 is 2.50 bits per heavy atom. The minimum atomic E-state index is -0.115. The van der Waals surface area contributed by atoms with Gasteiger partial charge in [-0.2, -0.15) is 0 Å². The summed E-state index contributed by atoms with van der Waals surface area (Å²) in [6.45, 7) is 5.09. The largest absolute Gasteiger partial charge is 0.352 e. The number of aromatic nitrogens is 1. The second kappa shape index (κ2) is 10.7. The lowest BCUT2D eigenvalue weighted by atomic mass is 10.00. The van der Waals surface area contributed by atoms with E-state index in [0.29, 0.717) is 12.1 Å². The van der Waals surface area contributed by atoms with Gasteiger partial charge in [-0.15, -0.1) is 0 Å². The molecule has 6 nitrogen and oxygen atoms in total. The number of benzene rings is 3. The molecule has 0 saturated carbocycles. The molecule has 0 aliphatic carbocycles. The standard InChI is InChI=1S/C30H30N4O2/c1-21(35)32-25-13-11-23(12-14-25)29-19-27(26-9-4-5-10-28(26)33-29)30(36)31-16-6-17-34-18-15-22-7-2-3-8-24(22)20-34/h2-5,7-14,19H,6,15-18,20H2,1H3,(H,31,36)(H,32,35). The lowest BCUT2D eigenvalue weighted by Gasteiger charge is -2.28. The van der Waals surface area contributed by atoms with Crippen molar-refractivity contribution in [2.45, 2.75) is 26.3 Å².